The average Bonchev–Trinajstić information content (AvgIpc) is 2.79. The predicted molar refractivity (Wildman–Crippen MR) is 128 cm³/mol. The van der Waals surface area contributed by atoms with Gasteiger partial charge in [0.05, 0.1) is 0 Å². The van der Waals surface area contributed by atoms with E-state index >= 15 is 0 Å². The Morgan fingerprint density at radius 2 is 1.20 bits per heavy atom. The maximum atomic E-state index is 13.5. The van der Waals surface area contributed by atoms with Crippen LogP contribution in [0.5, 0.6) is 0 Å². The van der Waals surface area contributed by atoms with Crippen LogP contribution in [0.25, 0.3) is 0 Å². The first-order chi connectivity index (χ1) is 14.6. The number of ketones is 1. The molecular formula is C29H50O. The summed E-state index contributed by atoms with van der Waals surface area (Å²) in [6, 6.07) is 0. The van der Waals surface area contributed by atoms with Gasteiger partial charge in [0.25, 0.3) is 0 Å². The Balaban J connectivity index is 1.19. The van der Waals surface area contributed by atoms with Crippen LogP contribution in [0.1, 0.15) is 142 Å². The molecule has 2 spiro atoms. The molecule has 0 saturated heterocycles. The highest BCUT2D eigenvalue weighted by atomic mass is 16.1. The summed E-state index contributed by atoms with van der Waals surface area (Å²) in [6.07, 6.45) is 27.4. The fourth-order valence-electron chi connectivity index (χ4n) is 8.47. The summed E-state index contributed by atoms with van der Waals surface area (Å²) in [5.41, 5.74) is 0.287. The fourth-order valence-corrected chi connectivity index (χ4v) is 8.47. The molecule has 0 amide bonds. The molecule has 1 nitrogen and oxygen atoms in total. The van der Waals surface area contributed by atoms with E-state index in [1.807, 2.05) is 0 Å². The van der Waals surface area contributed by atoms with Crippen molar-refractivity contribution >= 4 is 5.78 Å². The summed E-state index contributed by atoms with van der Waals surface area (Å²) in [6.45, 7) is 4.64. The molecule has 0 aromatic rings. The van der Waals surface area contributed by atoms with Crippen molar-refractivity contribution in [3.8, 4) is 0 Å². The van der Waals surface area contributed by atoms with Crippen LogP contribution >= 0.6 is 0 Å². The van der Waals surface area contributed by atoms with Gasteiger partial charge in [-0.05, 0) is 94.3 Å². The zero-order valence-electron chi connectivity index (χ0n) is 20.4. The van der Waals surface area contributed by atoms with E-state index in [9.17, 15) is 4.79 Å². The van der Waals surface area contributed by atoms with Crippen molar-refractivity contribution in [2.75, 3.05) is 0 Å². The topological polar surface area (TPSA) is 17.1 Å². The van der Waals surface area contributed by atoms with Gasteiger partial charge in [0.1, 0.15) is 5.78 Å². The van der Waals surface area contributed by atoms with E-state index in [0.717, 1.165) is 29.5 Å². The summed E-state index contributed by atoms with van der Waals surface area (Å²) in [5, 5.41) is 0. The van der Waals surface area contributed by atoms with Crippen molar-refractivity contribution in [1.29, 1.82) is 0 Å². The fraction of sp³-hybridized carbons (Fsp3) is 0.966. The smallest absolute Gasteiger partial charge is 0.145 e. The van der Waals surface area contributed by atoms with E-state index in [0.29, 0.717) is 0 Å². The molecule has 0 aliphatic heterocycles. The minimum Gasteiger partial charge on any atom is -0.298 e. The molecule has 0 radical (unpaired) electrons. The summed E-state index contributed by atoms with van der Waals surface area (Å²) < 4.78 is 0. The van der Waals surface area contributed by atoms with Gasteiger partial charge < -0.3 is 0 Å². The molecule has 1 heteroatoms. The largest absolute Gasteiger partial charge is 0.298 e. The Bertz CT molecular complexity index is 539. The Kier molecular flexibility index (Phi) is 7.68. The number of rotatable bonds is 8. The molecule has 0 aromatic heterocycles. The first-order valence-corrected chi connectivity index (χ1v) is 14.2. The lowest BCUT2D eigenvalue weighted by molar-refractivity contribution is -0.169. The number of hydrogen-bond acceptors (Lipinski definition) is 1. The van der Waals surface area contributed by atoms with Crippen LogP contribution in [-0.4, -0.2) is 5.78 Å². The molecule has 0 unspecified atom stereocenters. The van der Waals surface area contributed by atoms with Crippen LogP contribution < -0.4 is 0 Å². The predicted octanol–water partition coefficient (Wildman–Crippen LogP) is 8.89. The zero-order chi connectivity index (χ0) is 21.0. The molecule has 0 heterocycles. The second kappa shape index (κ2) is 10.1. The summed E-state index contributed by atoms with van der Waals surface area (Å²) in [4.78, 5) is 13.5. The zero-order valence-corrected chi connectivity index (χ0v) is 20.4. The van der Waals surface area contributed by atoms with Crippen LogP contribution in [0.3, 0.4) is 0 Å². The number of carbonyl (C=O) groups is 1. The number of carbonyl (C=O) groups excluding carboxylic acids is 1. The van der Waals surface area contributed by atoms with Crippen molar-refractivity contribution in [3.63, 3.8) is 0 Å². The number of hydrogen-bond donors (Lipinski definition) is 0. The molecule has 0 atom stereocenters. The van der Waals surface area contributed by atoms with Gasteiger partial charge in [-0.15, -0.1) is 0 Å². The summed E-state index contributed by atoms with van der Waals surface area (Å²) in [7, 11) is 0. The lowest BCUT2D eigenvalue weighted by Crippen LogP contribution is -2.59. The third kappa shape index (κ3) is 4.71. The Morgan fingerprint density at radius 3 is 1.77 bits per heavy atom. The van der Waals surface area contributed by atoms with Gasteiger partial charge in [-0.3, -0.25) is 4.79 Å². The molecule has 4 aliphatic carbocycles. The third-order valence-corrected chi connectivity index (χ3v) is 10.4. The first kappa shape index (κ1) is 22.8. The van der Waals surface area contributed by atoms with Crippen LogP contribution in [0.4, 0.5) is 0 Å². The molecule has 4 aliphatic rings. The average molecular weight is 415 g/mol. The first-order valence-electron chi connectivity index (χ1n) is 14.2. The van der Waals surface area contributed by atoms with Crippen molar-refractivity contribution in [3.05, 3.63) is 0 Å². The van der Waals surface area contributed by atoms with Gasteiger partial charge in [0.15, 0.2) is 0 Å². The number of unbranched alkanes of at least 4 members (excludes halogenated alkanes) is 3. The Hall–Kier alpha value is -0.330. The van der Waals surface area contributed by atoms with Crippen LogP contribution in [-0.2, 0) is 4.79 Å². The maximum absolute atomic E-state index is 13.5. The van der Waals surface area contributed by atoms with E-state index in [1.54, 1.807) is 0 Å². The lowest BCUT2D eigenvalue weighted by atomic mass is 9.42. The van der Waals surface area contributed by atoms with Gasteiger partial charge in [-0.25, -0.2) is 0 Å². The van der Waals surface area contributed by atoms with E-state index < -0.39 is 0 Å². The highest BCUT2D eigenvalue weighted by molar-refractivity contribution is 5.96. The van der Waals surface area contributed by atoms with Crippen molar-refractivity contribution in [2.45, 2.75) is 142 Å². The lowest BCUT2D eigenvalue weighted by Gasteiger charge is -2.59. The van der Waals surface area contributed by atoms with E-state index in [1.165, 1.54) is 128 Å². The molecule has 0 N–H and O–H groups in total. The highest BCUT2D eigenvalue weighted by Crippen LogP contribution is 2.64. The van der Waals surface area contributed by atoms with Crippen LogP contribution in [0.15, 0.2) is 0 Å². The van der Waals surface area contributed by atoms with Gasteiger partial charge in [-0.1, -0.05) is 71.6 Å². The molecule has 30 heavy (non-hydrogen) atoms. The standard InChI is InChI=1S/C29H50O/c1-3-5-6-7-9-24-14-18-28(19-15-24)22-29(27(28)30)20-16-26(17-21-29)25-12-10-23(8-4-2)11-13-25/h23-26H,3-22H2,1-2H3/t23?,24?,25?,26-,28-,29-. The molecular weight excluding hydrogens is 364 g/mol. The van der Waals surface area contributed by atoms with Gasteiger partial charge >= 0.3 is 0 Å². The minimum absolute atomic E-state index is 0.143. The van der Waals surface area contributed by atoms with E-state index in [2.05, 4.69) is 13.8 Å². The van der Waals surface area contributed by atoms with Crippen molar-refractivity contribution in [2.24, 2.45) is 34.5 Å². The minimum atomic E-state index is 0.143. The Morgan fingerprint density at radius 1 is 0.633 bits per heavy atom. The SMILES string of the molecule is CCCCCCC1CC[C@]2(CC1)C[C@@]1(CC[C@H](C3CCC(CCC)CC3)CC1)C2=O. The maximum Gasteiger partial charge on any atom is 0.145 e. The molecule has 4 fully saturated rings. The molecule has 0 aromatic carbocycles. The van der Waals surface area contributed by atoms with Gasteiger partial charge in [0, 0.05) is 10.8 Å². The molecule has 0 bridgehead atoms. The van der Waals surface area contributed by atoms with Crippen LogP contribution in [0.2, 0.25) is 0 Å². The van der Waals surface area contributed by atoms with E-state index in [4.69, 9.17) is 0 Å². The Labute approximate surface area is 187 Å². The van der Waals surface area contributed by atoms with Gasteiger partial charge in [0.2, 0.25) is 0 Å². The summed E-state index contributed by atoms with van der Waals surface area (Å²) >= 11 is 0. The van der Waals surface area contributed by atoms with Crippen LogP contribution in [0, 0.1) is 34.5 Å². The highest BCUT2D eigenvalue weighted by Gasteiger charge is 2.63. The summed E-state index contributed by atoms with van der Waals surface area (Å²) in [5.74, 6) is 4.63. The monoisotopic (exact) mass is 414 g/mol. The van der Waals surface area contributed by atoms with E-state index in [-0.39, 0.29) is 10.8 Å². The van der Waals surface area contributed by atoms with Crippen molar-refractivity contribution in [1.82, 2.24) is 0 Å². The normalized spacial score (nSPS) is 41.9. The number of Topliss-reactive ketones (excluding diaryl/α,β-unsaturated/α-hetero) is 1. The van der Waals surface area contributed by atoms with Gasteiger partial charge in [-0.2, -0.15) is 0 Å². The molecule has 4 saturated carbocycles. The second-order valence-electron chi connectivity index (χ2n) is 12.3. The second-order valence-corrected chi connectivity index (χ2v) is 12.3. The molecule has 4 rings (SSSR count). The van der Waals surface area contributed by atoms with Crippen molar-refractivity contribution < 1.29 is 4.79 Å². The molecule has 172 valence electrons. The third-order valence-electron chi connectivity index (χ3n) is 10.4. The quantitative estimate of drug-likeness (QED) is 0.362.